The maximum Gasteiger partial charge on any atom is 0.159 e. The molecule has 2 aromatic rings. The molecule has 0 saturated carbocycles. The van der Waals surface area contributed by atoms with E-state index in [1.54, 1.807) is 6.92 Å². The average molecular weight is 293 g/mol. The van der Waals surface area contributed by atoms with Crippen LogP contribution in [0.1, 0.15) is 31.1 Å². The molecule has 0 aromatic heterocycles. The molecule has 0 atom stereocenters. The van der Waals surface area contributed by atoms with Crippen molar-refractivity contribution in [1.82, 2.24) is 0 Å². The van der Waals surface area contributed by atoms with Crippen molar-refractivity contribution < 1.29 is 4.79 Å². The van der Waals surface area contributed by atoms with Crippen LogP contribution in [0.4, 0.5) is 5.69 Å². The summed E-state index contributed by atoms with van der Waals surface area (Å²) in [4.78, 5) is 13.7. The molecule has 0 fully saturated rings. The molecule has 2 heteroatoms. The summed E-state index contributed by atoms with van der Waals surface area (Å²) in [6.07, 6.45) is 0. The minimum Gasteiger partial charge on any atom is -0.364 e. The third kappa shape index (κ3) is 3.85. The number of Topliss-reactive ketones (excluding diaryl/α,β-unsaturated/α-hetero) is 1. The lowest BCUT2D eigenvalue weighted by Crippen LogP contribution is -2.26. The van der Waals surface area contributed by atoms with Crippen molar-refractivity contribution in [1.29, 1.82) is 0 Å². The molecule has 0 spiro atoms. The van der Waals surface area contributed by atoms with Crippen LogP contribution < -0.4 is 4.90 Å². The van der Waals surface area contributed by atoms with Gasteiger partial charge in [-0.25, -0.2) is 0 Å². The van der Waals surface area contributed by atoms with Crippen LogP contribution in [0.15, 0.2) is 60.7 Å². The highest BCUT2D eigenvalue weighted by molar-refractivity contribution is 5.99. The van der Waals surface area contributed by atoms with Crippen molar-refractivity contribution in [3.63, 3.8) is 0 Å². The smallest absolute Gasteiger partial charge is 0.159 e. The van der Waals surface area contributed by atoms with E-state index in [2.05, 4.69) is 36.3 Å². The highest BCUT2D eigenvalue weighted by Gasteiger charge is 2.08. The highest BCUT2D eigenvalue weighted by Crippen LogP contribution is 2.24. The van der Waals surface area contributed by atoms with Gasteiger partial charge in [0.25, 0.3) is 0 Å². The predicted molar refractivity (Wildman–Crippen MR) is 95.8 cm³/mol. The van der Waals surface area contributed by atoms with Crippen molar-refractivity contribution in [2.45, 2.75) is 20.8 Å². The van der Waals surface area contributed by atoms with Gasteiger partial charge in [0, 0.05) is 24.3 Å². The van der Waals surface area contributed by atoms with Crippen LogP contribution in [-0.2, 0) is 0 Å². The third-order valence-electron chi connectivity index (χ3n) is 3.52. The van der Waals surface area contributed by atoms with Gasteiger partial charge in [0.15, 0.2) is 5.78 Å². The summed E-state index contributed by atoms with van der Waals surface area (Å²) < 4.78 is 0. The summed E-state index contributed by atoms with van der Waals surface area (Å²) in [5, 5.41) is 2.22. The number of carbonyl (C=O) groups excluding carboxylic acids is 1. The molecule has 22 heavy (non-hydrogen) atoms. The van der Waals surface area contributed by atoms with E-state index in [9.17, 15) is 4.79 Å². The summed E-state index contributed by atoms with van der Waals surface area (Å²) in [6.45, 7) is 15.3. The number of hydrogen-bond donors (Lipinski definition) is 0. The first kappa shape index (κ1) is 16.0. The predicted octanol–water partition coefficient (Wildman–Crippen LogP) is 5.00. The molecule has 0 heterocycles. The van der Waals surface area contributed by atoms with E-state index in [0.717, 1.165) is 46.3 Å². The summed E-state index contributed by atoms with van der Waals surface area (Å²) in [5.41, 5.74) is 4.14. The van der Waals surface area contributed by atoms with Crippen LogP contribution in [0.25, 0.3) is 10.8 Å². The van der Waals surface area contributed by atoms with E-state index in [4.69, 9.17) is 0 Å². The van der Waals surface area contributed by atoms with Gasteiger partial charge in [0.05, 0.1) is 0 Å². The van der Waals surface area contributed by atoms with Gasteiger partial charge in [0.2, 0.25) is 0 Å². The Morgan fingerprint density at radius 3 is 2.00 bits per heavy atom. The molecule has 0 aliphatic carbocycles. The SMILES string of the molecule is C=C(C)CN(CC(=C)C)c1ccc2cc(C(C)=O)ccc2c1. The molecule has 2 rings (SSSR count). The van der Waals surface area contributed by atoms with Gasteiger partial charge in [0.1, 0.15) is 0 Å². The van der Waals surface area contributed by atoms with Gasteiger partial charge in [-0.3, -0.25) is 4.79 Å². The fraction of sp³-hybridized carbons (Fsp3) is 0.250. The van der Waals surface area contributed by atoms with E-state index in [-0.39, 0.29) is 5.78 Å². The topological polar surface area (TPSA) is 20.3 Å². The zero-order valence-electron chi connectivity index (χ0n) is 13.6. The van der Waals surface area contributed by atoms with Crippen LogP contribution in [0.2, 0.25) is 0 Å². The standard InChI is InChI=1S/C20H23NO/c1-14(2)12-21(13-15(3)4)20-9-8-18-10-17(16(5)22)6-7-19(18)11-20/h6-11H,1,3,12-13H2,2,4-5H3. The summed E-state index contributed by atoms with van der Waals surface area (Å²) in [7, 11) is 0. The van der Waals surface area contributed by atoms with Crippen molar-refractivity contribution in [3.8, 4) is 0 Å². The van der Waals surface area contributed by atoms with Gasteiger partial charge in [-0.05, 0) is 49.7 Å². The number of fused-ring (bicyclic) bond motifs is 1. The molecule has 2 aromatic carbocycles. The van der Waals surface area contributed by atoms with Crippen LogP contribution in [-0.4, -0.2) is 18.9 Å². The second-order valence-electron chi connectivity index (χ2n) is 6.07. The van der Waals surface area contributed by atoms with Gasteiger partial charge in [-0.15, -0.1) is 0 Å². The van der Waals surface area contributed by atoms with Crippen LogP contribution >= 0.6 is 0 Å². The Kier molecular flexibility index (Phi) is 4.81. The minimum atomic E-state index is 0.0946. The van der Waals surface area contributed by atoms with Gasteiger partial charge < -0.3 is 4.90 Å². The number of anilines is 1. The van der Waals surface area contributed by atoms with Crippen molar-refractivity contribution in [2.75, 3.05) is 18.0 Å². The Balaban J connectivity index is 2.41. The quantitative estimate of drug-likeness (QED) is 0.551. The number of nitrogens with zero attached hydrogens (tertiary/aromatic N) is 1. The fourth-order valence-electron chi connectivity index (χ4n) is 2.54. The highest BCUT2D eigenvalue weighted by atomic mass is 16.1. The van der Waals surface area contributed by atoms with Gasteiger partial charge >= 0.3 is 0 Å². The van der Waals surface area contributed by atoms with Crippen molar-refractivity contribution >= 4 is 22.2 Å². The number of hydrogen-bond acceptors (Lipinski definition) is 2. The van der Waals surface area contributed by atoms with Crippen LogP contribution in [0.5, 0.6) is 0 Å². The first-order chi connectivity index (χ1) is 10.4. The lowest BCUT2D eigenvalue weighted by atomic mass is 10.0. The summed E-state index contributed by atoms with van der Waals surface area (Å²) in [6, 6.07) is 12.2. The second kappa shape index (κ2) is 6.61. The maximum atomic E-state index is 11.5. The monoisotopic (exact) mass is 293 g/mol. The first-order valence-electron chi connectivity index (χ1n) is 7.45. The lowest BCUT2D eigenvalue weighted by Gasteiger charge is -2.25. The fourth-order valence-corrected chi connectivity index (χ4v) is 2.54. The van der Waals surface area contributed by atoms with E-state index < -0.39 is 0 Å². The molecular weight excluding hydrogens is 270 g/mol. The molecule has 2 nitrogen and oxygen atoms in total. The zero-order valence-corrected chi connectivity index (χ0v) is 13.6. The lowest BCUT2D eigenvalue weighted by molar-refractivity contribution is 0.101. The number of benzene rings is 2. The van der Waals surface area contributed by atoms with Crippen LogP contribution in [0.3, 0.4) is 0 Å². The number of ketones is 1. The Morgan fingerprint density at radius 1 is 0.909 bits per heavy atom. The Bertz CT molecular complexity index is 726. The van der Waals surface area contributed by atoms with E-state index in [1.807, 2.05) is 32.0 Å². The maximum absolute atomic E-state index is 11.5. The average Bonchev–Trinajstić information content (AvgIpc) is 2.44. The van der Waals surface area contributed by atoms with E-state index in [1.165, 1.54) is 0 Å². The largest absolute Gasteiger partial charge is 0.364 e. The Labute approximate surface area is 132 Å². The molecule has 0 saturated heterocycles. The van der Waals surface area contributed by atoms with E-state index in [0.29, 0.717) is 0 Å². The molecule has 0 unspecified atom stereocenters. The van der Waals surface area contributed by atoms with Crippen molar-refractivity contribution in [2.24, 2.45) is 0 Å². The Hall–Kier alpha value is -2.35. The molecular formula is C20H23NO. The zero-order chi connectivity index (χ0) is 16.3. The van der Waals surface area contributed by atoms with Gasteiger partial charge in [-0.2, -0.15) is 0 Å². The normalized spacial score (nSPS) is 10.5. The second-order valence-corrected chi connectivity index (χ2v) is 6.07. The molecule has 114 valence electrons. The number of rotatable bonds is 6. The van der Waals surface area contributed by atoms with Crippen molar-refractivity contribution in [3.05, 3.63) is 66.3 Å². The summed E-state index contributed by atoms with van der Waals surface area (Å²) >= 11 is 0. The van der Waals surface area contributed by atoms with Gasteiger partial charge in [-0.1, -0.05) is 42.5 Å². The first-order valence-corrected chi connectivity index (χ1v) is 7.45. The van der Waals surface area contributed by atoms with E-state index >= 15 is 0 Å². The minimum absolute atomic E-state index is 0.0946. The molecule has 0 bridgehead atoms. The molecule has 0 amide bonds. The molecule has 0 aliphatic heterocycles. The van der Waals surface area contributed by atoms with Crippen LogP contribution in [0, 0.1) is 0 Å². The molecule has 0 N–H and O–H groups in total. The molecule has 0 aliphatic rings. The number of carbonyl (C=O) groups is 1. The summed E-state index contributed by atoms with van der Waals surface area (Å²) in [5.74, 6) is 0.0946. The molecule has 0 radical (unpaired) electrons. The third-order valence-corrected chi connectivity index (χ3v) is 3.52. The Morgan fingerprint density at radius 2 is 1.45 bits per heavy atom.